The van der Waals surface area contributed by atoms with Crippen molar-refractivity contribution in [1.82, 2.24) is 9.97 Å². The van der Waals surface area contributed by atoms with Gasteiger partial charge in [-0.05, 0) is 24.3 Å². The second-order valence-electron chi connectivity index (χ2n) is 3.96. The number of thioether (sulfide) groups is 1. The van der Waals surface area contributed by atoms with Crippen molar-refractivity contribution in [3.63, 3.8) is 0 Å². The lowest BCUT2D eigenvalue weighted by Crippen LogP contribution is -2.25. The highest BCUT2D eigenvalue weighted by Gasteiger charge is 2.14. The highest BCUT2D eigenvalue weighted by molar-refractivity contribution is 7.99. The molecule has 6 heteroatoms. The van der Waals surface area contributed by atoms with Crippen LogP contribution >= 0.6 is 23.4 Å². The van der Waals surface area contributed by atoms with Gasteiger partial charge in [-0.1, -0.05) is 11.6 Å². The maximum atomic E-state index is 5.95. The molecule has 1 aromatic rings. The summed E-state index contributed by atoms with van der Waals surface area (Å²) in [6.07, 6.45) is 2.35. The van der Waals surface area contributed by atoms with Gasteiger partial charge in [0, 0.05) is 19.2 Å². The number of nitrogens with one attached hydrogen (secondary N) is 1. The van der Waals surface area contributed by atoms with E-state index in [0.29, 0.717) is 23.6 Å². The lowest BCUT2D eigenvalue weighted by Gasteiger charge is -2.23. The molecule has 0 bridgehead atoms. The van der Waals surface area contributed by atoms with E-state index in [1.807, 2.05) is 11.8 Å². The van der Waals surface area contributed by atoms with E-state index in [1.165, 1.54) is 24.3 Å². The van der Waals surface area contributed by atoms with Gasteiger partial charge in [0.15, 0.2) is 5.82 Å². The van der Waals surface area contributed by atoms with Crippen LogP contribution in [0.5, 0.6) is 0 Å². The molecule has 0 unspecified atom stereocenters. The molecule has 2 rings (SSSR count). The molecule has 0 amide bonds. The van der Waals surface area contributed by atoms with E-state index >= 15 is 0 Å². The summed E-state index contributed by atoms with van der Waals surface area (Å²) in [4.78, 5) is 8.48. The van der Waals surface area contributed by atoms with Crippen LogP contribution in [0.1, 0.15) is 18.7 Å². The summed E-state index contributed by atoms with van der Waals surface area (Å²) in [5, 5.41) is 3.87. The Kier molecular flexibility index (Phi) is 4.88. The van der Waals surface area contributed by atoms with Gasteiger partial charge in [0.1, 0.15) is 17.6 Å². The van der Waals surface area contributed by atoms with E-state index < -0.39 is 0 Å². The van der Waals surface area contributed by atoms with Gasteiger partial charge in [-0.25, -0.2) is 9.97 Å². The fourth-order valence-corrected chi connectivity index (χ4v) is 3.09. The van der Waals surface area contributed by atoms with Gasteiger partial charge >= 0.3 is 0 Å². The topological polar surface area (TPSA) is 47.0 Å². The largest absolute Gasteiger partial charge is 0.377 e. The zero-order chi connectivity index (χ0) is 12.1. The van der Waals surface area contributed by atoms with Crippen LogP contribution in [0.3, 0.4) is 0 Å². The van der Waals surface area contributed by atoms with Crippen LogP contribution in [0.4, 0.5) is 5.82 Å². The quantitative estimate of drug-likeness (QED) is 0.855. The molecule has 0 spiro atoms. The Balaban J connectivity index is 2.03. The maximum absolute atomic E-state index is 5.95. The van der Waals surface area contributed by atoms with Crippen molar-refractivity contribution >= 4 is 29.2 Å². The average molecular weight is 274 g/mol. The minimum Gasteiger partial charge on any atom is -0.377 e. The minimum absolute atomic E-state index is 0.385. The first-order valence-corrected chi connectivity index (χ1v) is 7.18. The summed E-state index contributed by atoms with van der Waals surface area (Å²) < 4.78 is 5.01. The van der Waals surface area contributed by atoms with Crippen LogP contribution in [0.25, 0.3) is 0 Å². The molecular formula is C11H16ClN3OS. The molecule has 94 valence electrons. The van der Waals surface area contributed by atoms with E-state index in [4.69, 9.17) is 16.3 Å². The van der Waals surface area contributed by atoms with Crippen LogP contribution < -0.4 is 5.32 Å². The SMILES string of the molecule is COCc1nc(Cl)cc(NC2CCSCC2)n1. The summed E-state index contributed by atoms with van der Waals surface area (Å²) in [6.45, 7) is 0.385. The van der Waals surface area contributed by atoms with Crippen molar-refractivity contribution in [3.05, 3.63) is 17.0 Å². The molecular weight excluding hydrogens is 258 g/mol. The molecule has 1 fully saturated rings. The first-order valence-electron chi connectivity index (χ1n) is 5.64. The van der Waals surface area contributed by atoms with Crippen molar-refractivity contribution in [3.8, 4) is 0 Å². The molecule has 0 aromatic carbocycles. The predicted octanol–water partition coefficient (Wildman–Crippen LogP) is 2.58. The van der Waals surface area contributed by atoms with E-state index in [0.717, 1.165) is 5.82 Å². The first kappa shape index (κ1) is 12.9. The van der Waals surface area contributed by atoms with Crippen LogP contribution in [-0.2, 0) is 11.3 Å². The van der Waals surface area contributed by atoms with E-state index in [2.05, 4.69) is 15.3 Å². The third kappa shape index (κ3) is 4.01. The Morgan fingerprint density at radius 1 is 1.47 bits per heavy atom. The molecule has 2 heterocycles. The number of aromatic nitrogens is 2. The van der Waals surface area contributed by atoms with E-state index in [9.17, 15) is 0 Å². The molecule has 1 aliphatic heterocycles. The number of nitrogens with zero attached hydrogens (tertiary/aromatic N) is 2. The molecule has 0 saturated carbocycles. The third-order valence-electron chi connectivity index (χ3n) is 2.59. The number of ether oxygens (including phenoxy) is 1. The van der Waals surface area contributed by atoms with Crippen LogP contribution in [0, 0.1) is 0 Å². The van der Waals surface area contributed by atoms with Crippen LogP contribution in [0.2, 0.25) is 5.15 Å². The maximum Gasteiger partial charge on any atom is 0.158 e. The number of halogens is 1. The summed E-state index contributed by atoms with van der Waals surface area (Å²) in [5.74, 6) is 3.84. The molecule has 0 radical (unpaired) electrons. The normalized spacial score (nSPS) is 17.1. The number of methoxy groups -OCH3 is 1. The van der Waals surface area contributed by atoms with Crippen molar-refractivity contribution in [1.29, 1.82) is 0 Å². The Bertz CT molecular complexity index is 372. The Labute approximate surface area is 111 Å². The molecule has 1 aliphatic rings. The Morgan fingerprint density at radius 3 is 2.94 bits per heavy atom. The summed E-state index contributed by atoms with van der Waals surface area (Å²) >= 11 is 7.96. The predicted molar refractivity (Wildman–Crippen MR) is 71.7 cm³/mol. The summed E-state index contributed by atoms with van der Waals surface area (Å²) in [7, 11) is 1.62. The molecule has 0 atom stereocenters. The lowest BCUT2D eigenvalue weighted by molar-refractivity contribution is 0.178. The van der Waals surface area contributed by atoms with Gasteiger partial charge in [0.2, 0.25) is 0 Å². The molecule has 1 N–H and O–H groups in total. The van der Waals surface area contributed by atoms with Gasteiger partial charge in [-0.15, -0.1) is 0 Å². The number of anilines is 1. The van der Waals surface area contributed by atoms with Crippen LogP contribution in [-0.4, -0.2) is 34.6 Å². The van der Waals surface area contributed by atoms with Gasteiger partial charge in [0.25, 0.3) is 0 Å². The zero-order valence-corrected chi connectivity index (χ0v) is 11.4. The number of hydrogen-bond donors (Lipinski definition) is 1. The molecule has 4 nitrogen and oxygen atoms in total. The molecule has 17 heavy (non-hydrogen) atoms. The molecule has 1 aromatic heterocycles. The van der Waals surface area contributed by atoms with Crippen molar-refractivity contribution in [2.45, 2.75) is 25.5 Å². The van der Waals surface area contributed by atoms with Crippen molar-refractivity contribution < 1.29 is 4.74 Å². The molecule has 0 aliphatic carbocycles. The van der Waals surface area contributed by atoms with Crippen molar-refractivity contribution in [2.24, 2.45) is 0 Å². The summed E-state index contributed by atoms with van der Waals surface area (Å²) in [5.41, 5.74) is 0. The lowest BCUT2D eigenvalue weighted by atomic mass is 10.1. The highest BCUT2D eigenvalue weighted by atomic mass is 35.5. The fraction of sp³-hybridized carbons (Fsp3) is 0.636. The van der Waals surface area contributed by atoms with E-state index in [-0.39, 0.29) is 0 Å². The van der Waals surface area contributed by atoms with Gasteiger partial charge in [-0.3, -0.25) is 0 Å². The Morgan fingerprint density at radius 2 is 2.24 bits per heavy atom. The first-order chi connectivity index (χ1) is 8.28. The highest BCUT2D eigenvalue weighted by Crippen LogP contribution is 2.21. The van der Waals surface area contributed by atoms with Crippen molar-refractivity contribution in [2.75, 3.05) is 23.9 Å². The Hall–Kier alpha value is -0.520. The fourth-order valence-electron chi connectivity index (χ4n) is 1.78. The smallest absolute Gasteiger partial charge is 0.158 e. The number of rotatable bonds is 4. The summed E-state index contributed by atoms with van der Waals surface area (Å²) in [6, 6.07) is 2.26. The third-order valence-corrected chi connectivity index (χ3v) is 3.83. The van der Waals surface area contributed by atoms with Gasteiger partial charge in [-0.2, -0.15) is 11.8 Å². The average Bonchev–Trinajstić information content (AvgIpc) is 2.30. The monoisotopic (exact) mass is 273 g/mol. The molecule has 1 saturated heterocycles. The number of hydrogen-bond acceptors (Lipinski definition) is 5. The van der Waals surface area contributed by atoms with Gasteiger partial charge in [0.05, 0.1) is 0 Å². The van der Waals surface area contributed by atoms with Crippen LogP contribution in [0.15, 0.2) is 6.07 Å². The second-order valence-corrected chi connectivity index (χ2v) is 5.57. The van der Waals surface area contributed by atoms with E-state index in [1.54, 1.807) is 13.2 Å². The standard InChI is InChI=1S/C11H16ClN3OS/c1-16-7-11-14-9(12)6-10(15-11)13-8-2-4-17-5-3-8/h6,8H,2-5,7H2,1H3,(H,13,14,15). The minimum atomic E-state index is 0.385. The second kappa shape index (κ2) is 6.42. The zero-order valence-electron chi connectivity index (χ0n) is 9.78. The van der Waals surface area contributed by atoms with Gasteiger partial charge < -0.3 is 10.1 Å².